The van der Waals surface area contributed by atoms with Crippen LogP contribution in [-0.2, 0) is 9.59 Å². The molecule has 0 fully saturated rings. The molecule has 0 bridgehead atoms. The van der Waals surface area contributed by atoms with Gasteiger partial charge in [-0.3, -0.25) is 9.59 Å². The standard InChI is InChI=1S/C8H13NO4/c1-6(11)5-7(12)8(13)9(2)3-4-10/h5,10,12H,3-4H2,1-2H3/b7-5-. The zero-order valence-electron chi connectivity index (χ0n) is 7.65. The number of nitrogens with zero attached hydrogens (tertiary/aromatic N) is 1. The van der Waals surface area contributed by atoms with Crippen LogP contribution in [0, 0.1) is 0 Å². The minimum absolute atomic E-state index is 0.120. The maximum atomic E-state index is 11.1. The van der Waals surface area contributed by atoms with Crippen LogP contribution in [0.1, 0.15) is 6.92 Å². The van der Waals surface area contributed by atoms with Gasteiger partial charge in [-0.1, -0.05) is 0 Å². The molecule has 0 radical (unpaired) electrons. The number of aliphatic hydroxyl groups excluding tert-OH is 2. The van der Waals surface area contributed by atoms with Crippen molar-refractivity contribution < 1.29 is 19.8 Å². The molecule has 0 aliphatic rings. The van der Waals surface area contributed by atoms with Crippen molar-refractivity contribution in [1.29, 1.82) is 0 Å². The average Bonchev–Trinajstić information content (AvgIpc) is 2.02. The summed E-state index contributed by atoms with van der Waals surface area (Å²) in [5.41, 5.74) is 0. The molecule has 0 heterocycles. The molecule has 5 nitrogen and oxygen atoms in total. The minimum Gasteiger partial charge on any atom is -0.503 e. The quantitative estimate of drug-likeness (QED) is 0.458. The summed E-state index contributed by atoms with van der Waals surface area (Å²) in [6.45, 7) is 1.17. The molecule has 0 atom stereocenters. The van der Waals surface area contributed by atoms with Crippen molar-refractivity contribution in [3.63, 3.8) is 0 Å². The van der Waals surface area contributed by atoms with E-state index in [4.69, 9.17) is 10.2 Å². The van der Waals surface area contributed by atoms with E-state index in [0.717, 1.165) is 11.0 Å². The third-order valence-corrected chi connectivity index (χ3v) is 1.34. The molecule has 0 rings (SSSR count). The Morgan fingerprint density at radius 2 is 2.00 bits per heavy atom. The van der Waals surface area contributed by atoms with E-state index in [2.05, 4.69) is 0 Å². The van der Waals surface area contributed by atoms with E-state index in [-0.39, 0.29) is 13.2 Å². The van der Waals surface area contributed by atoms with E-state index in [0.29, 0.717) is 0 Å². The smallest absolute Gasteiger partial charge is 0.288 e. The number of carbonyl (C=O) groups excluding carboxylic acids is 2. The second-order valence-electron chi connectivity index (χ2n) is 2.59. The lowest BCUT2D eigenvalue weighted by Gasteiger charge is -2.14. The van der Waals surface area contributed by atoms with Crippen molar-refractivity contribution in [2.24, 2.45) is 0 Å². The molecule has 5 heteroatoms. The summed E-state index contributed by atoms with van der Waals surface area (Å²) in [7, 11) is 1.42. The maximum absolute atomic E-state index is 11.1. The molecular weight excluding hydrogens is 174 g/mol. The summed E-state index contributed by atoms with van der Waals surface area (Å²) >= 11 is 0. The molecule has 0 saturated heterocycles. The Balaban J connectivity index is 4.33. The first-order chi connectivity index (χ1) is 5.99. The van der Waals surface area contributed by atoms with Gasteiger partial charge < -0.3 is 15.1 Å². The number of hydrogen-bond donors (Lipinski definition) is 2. The van der Waals surface area contributed by atoms with Crippen LogP contribution in [0.5, 0.6) is 0 Å². The van der Waals surface area contributed by atoms with Gasteiger partial charge >= 0.3 is 0 Å². The highest BCUT2D eigenvalue weighted by molar-refractivity contribution is 5.98. The van der Waals surface area contributed by atoms with E-state index >= 15 is 0 Å². The number of likely N-dealkylation sites (N-methyl/N-ethyl adjacent to an activating group) is 1. The predicted octanol–water partition coefficient (Wildman–Crippen LogP) is -0.532. The van der Waals surface area contributed by atoms with Crippen LogP contribution < -0.4 is 0 Å². The summed E-state index contributed by atoms with van der Waals surface area (Å²) in [6.07, 6.45) is 0.843. The number of hydrogen-bond acceptors (Lipinski definition) is 4. The van der Waals surface area contributed by atoms with Crippen LogP contribution in [0.2, 0.25) is 0 Å². The van der Waals surface area contributed by atoms with Crippen molar-refractivity contribution in [3.8, 4) is 0 Å². The van der Waals surface area contributed by atoms with Gasteiger partial charge in [-0.25, -0.2) is 0 Å². The van der Waals surface area contributed by atoms with Crippen molar-refractivity contribution in [2.75, 3.05) is 20.2 Å². The Morgan fingerprint density at radius 1 is 1.46 bits per heavy atom. The molecule has 0 saturated carbocycles. The van der Waals surface area contributed by atoms with Crippen LogP contribution >= 0.6 is 0 Å². The molecule has 0 aromatic carbocycles. The first-order valence-corrected chi connectivity index (χ1v) is 3.76. The number of ketones is 1. The van der Waals surface area contributed by atoms with Crippen LogP contribution in [-0.4, -0.2) is 47.0 Å². The molecule has 0 aromatic rings. The SMILES string of the molecule is CC(=O)/C=C(\O)C(=O)N(C)CCO. The highest BCUT2D eigenvalue weighted by Gasteiger charge is 2.13. The molecule has 1 amide bonds. The Kier molecular flexibility index (Phi) is 4.76. The van der Waals surface area contributed by atoms with Gasteiger partial charge in [0, 0.05) is 19.7 Å². The summed E-state index contributed by atoms with van der Waals surface area (Å²) in [5, 5.41) is 17.5. The van der Waals surface area contributed by atoms with Gasteiger partial charge in [0.1, 0.15) is 0 Å². The molecule has 0 spiro atoms. The lowest BCUT2D eigenvalue weighted by molar-refractivity contribution is -0.129. The minimum atomic E-state index is -0.677. The molecular formula is C8H13NO4. The molecule has 0 aromatic heterocycles. The highest BCUT2D eigenvalue weighted by atomic mass is 16.3. The third-order valence-electron chi connectivity index (χ3n) is 1.34. The summed E-state index contributed by atoms with van der Waals surface area (Å²) in [5.74, 6) is -1.68. The summed E-state index contributed by atoms with van der Waals surface area (Å²) in [4.78, 5) is 22.7. The van der Waals surface area contributed by atoms with Crippen molar-refractivity contribution in [2.45, 2.75) is 6.92 Å². The van der Waals surface area contributed by atoms with Crippen LogP contribution in [0.3, 0.4) is 0 Å². The van der Waals surface area contributed by atoms with Gasteiger partial charge in [0.05, 0.1) is 6.61 Å². The molecule has 0 unspecified atom stereocenters. The molecule has 2 N–H and O–H groups in total. The van der Waals surface area contributed by atoms with Gasteiger partial charge in [0.2, 0.25) is 0 Å². The Bertz CT molecular complexity index is 234. The van der Waals surface area contributed by atoms with E-state index in [1.165, 1.54) is 14.0 Å². The average molecular weight is 187 g/mol. The van der Waals surface area contributed by atoms with Crippen LogP contribution in [0.4, 0.5) is 0 Å². The number of aliphatic hydroxyl groups is 2. The monoisotopic (exact) mass is 187 g/mol. The largest absolute Gasteiger partial charge is 0.503 e. The molecule has 0 aliphatic heterocycles. The lowest BCUT2D eigenvalue weighted by Crippen LogP contribution is -2.30. The number of rotatable bonds is 4. The summed E-state index contributed by atoms with van der Waals surface area (Å²) in [6, 6.07) is 0. The number of amides is 1. The zero-order valence-corrected chi connectivity index (χ0v) is 7.65. The lowest BCUT2D eigenvalue weighted by atomic mass is 10.3. The summed E-state index contributed by atoms with van der Waals surface area (Å²) < 4.78 is 0. The second kappa shape index (κ2) is 5.31. The van der Waals surface area contributed by atoms with E-state index in [1.807, 2.05) is 0 Å². The van der Waals surface area contributed by atoms with Crippen molar-refractivity contribution in [1.82, 2.24) is 4.90 Å². The van der Waals surface area contributed by atoms with E-state index in [9.17, 15) is 9.59 Å². The third kappa shape index (κ3) is 4.27. The fraction of sp³-hybridized carbons (Fsp3) is 0.500. The molecule has 74 valence electrons. The Morgan fingerprint density at radius 3 is 2.38 bits per heavy atom. The van der Waals surface area contributed by atoms with Crippen LogP contribution in [0.15, 0.2) is 11.8 Å². The van der Waals surface area contributed by atoms with Gasteiger partial charge in [0.15, 0.2) is 11.5 Å². The predicted molar refractivity (Wildman–Crippen MR) is 46.1 cm³/mol. The van der Waals surface area contributed by atoms with Gasteiger partial charge in [-0.15, -0.1) is 0 Å². The van der Waals surface area contributed by atoms with E-state index in [1.54, 1.807) is 0 Å². The number of allylic oxidation sites excluding steroid dienone is 1. The fourth-order valence-electron chi connectivity index (χ4n) is 0.701. The van der Waals surface area contributed by atoms with Crippen molar-refractivity contribution in [3.05, 3.63) is 11.8 Å². The second-order valence-corrected chi connectivity index (χ2v) is 2.59. The first kappa shape index (κ1) is 11.6. The molecule has 0 aliphatic carbocycles. The first-order valence-electron chi connectivity index (χ1n) is 3.76. The van der Waals surface area contributed by atoms with E-state index < -0.39 is 17.4 Å². The number of carbonyl (C=O) groups is 2. The fourth-order valence-corrected chi connectivity index (χ4v) is 0.701. The Hall–Kier alpha value is -1.36. The van der Waals surface area contributed by atoms with Gasteiger partial charge in [-0.2, -0.15) is 0 Å². The maximum Gasteiger partial charge on any atom is 0.288 e. The van der Waals surface area contributed by atoms with Gasteiger partial charge in [0.25, 0.3) is 5.91 Å². The van der Waals surface area contributed by atoms with Gasteiger partial charge in [-0.05, 0) is 6.92 Å². The normalized spacial score (nSPS) is 11.2. The highest BCUT2D eigenvalue weighted by Crippen LogP contribution is 1.95. The topological polar surface area (TPSA) is 77.8 Å². The Labute approximate surface area is 76.3 Å². The molecule has 13 heavy (non-hydrogen) atoms. The van der Waals surface area contributed by atoms with Crippen LogP contribution in [0.25, 0.3) is 0 Å². The zero-order chi connectivity index (χ0) is 10.4. The van der Waals surface area contributed by atoms with Crippen molar-refractivity contribution >= 4 is 11.7 Å².